The van der Waals surface area contributed by atoms with E-state index in [0.29, 0.717) is 16.8 Å². The molecule has 7 heteroatoms. The zero-order valence-corrected chi connectivity index (χ0v) is 18.4. The van der Waals surface area contributed by atoms with Crippen LogP contribution in [0.15, 0.2) is 42.5 Å². The van der Waals surface area contributed by atoms with Crippen molar-refractivity contribution >= 4 is 17.6 Å². The number of aryl methyl sites for hydroxylation is 2. The normalized spacial score (nSPS) is 16.8. The average molecular weight is 447 g/mol. The number of carbonyl (C=O) groups is 2. The minimum absolute atomic E-state index is 0.0157. The number of alkyl halides is 3. The summed E-state index contributed by atoms with van der Waals surface area (Å²) < 4.78 is 40.8. The first-order valence-electron chi connectivity index (χ1n) is 10.7. The maximum Gasteiger partial charge on any atom is 0.392 e. The van der Waals surface area contributed by atoms with Gasteiger partial charge in [0.2, 0.25) is 5.91 Å². The molecule has 0 radical (unpaired) electrons. The van der Waals surface area contributed by atoms with E-state index in [1.165, 1.54) is 0 Å². The standard InChI is InChI=1S/C25H28F3NO3/c1-14-4-7-18(8-5-14)23(16(3)25(26,27)28)24(32)29-21-12-19(9-6-15(21)2)20(13-22(30)31)17-10-11-17/h4-9,12,16-17,20,23H,10-11,13H2,1-3H3,(H,29,32)(H,30,31)/t16-,20+,23+/m1/s1. The van der Waals surface area contributed by atoms with Crippen LogP contribution in [0, 0.1) is 25.7 Å². The average Bonchev–Trinajstić information content (AvgIpc) is 3.54. The number of carbonyl (C=O) groups excluding carboxylic acids is 1. The van der Waals surface area contributed by atoms with Crippen LogP contribution in [0.2, 0.25) is 0 Å². The van der Waals surface area contributed by atoms with E-state index in [2.05, 4.69) is 5.32 Å². The fourth-order valence-electron chi connectivity index (χ4n) is 4.09. The van der Waals surface area contributed by atoms with Gasteiger partial charge in [-0.25, -0.2) is 0 Å². The largest absolute Gasteiger partial charge is 0.481 e. The highest BCUT2D eigenvalue weighted by molar-refractivity contribution is 5.96. The van der Waals surface area contributed by atoms with E-state index in [1.807, 2.05) is 13.0 Å². The zero-order chi connectivity index (χ0) is 23.6. The maximum absolute atomic E-state index is 13.6. The van der Waals surface area contributed by atoms with E-state index in [1.54, 1.807) is 43.3 Å². The monoisotopic (exact) mass is 447 g/mol. The fraction of sp³-hybridized carbons (Fsp3) is 0.440. The number of carboxylic acid groups (broad SMARTS) is 1. The Morgan fingerprint density at radius 1 is 1.06 bits per heavy atom. The molecule has 2 aromatic rings. The molecule has 1 fully saturated rings. The summed E-state index contributed by atoms with van der Waals surface area (Å²) in [7, 11) is 0. The number of rotatable bonds is 8. The van der Waals surface area contributed by atoms with Crippen LogP contribution in [-0.2, 0) is 9.59 Å². The van der Waals surface area contributed by atoms with Gasteiger partial charge in [-0.2, -0.15) is 13.2 Å². The predicted octanol–water partition coefficient (Wildman–Crippen LogP) is 6.19. The number of hydrogen-bond acceptors (Lipinski definition) is 2. The van der Waals surface area contributed by atoms with Gasteiger partial charge >= 0.3 is 12.1 Å². The van der Waals surface area contributed by atoms with Gasteiger partial charge in [-0.15, -0.1) is 0 Å². The highest BCUT2D eigenvalue weighted by atomic mass is 19.4. The molecule has 4 nitrogen and oxygen atoms in total. The van der Waals surface area contributed by atoms with Crippen molar-refractivity contribution in [2.45, 2.75) is 58.0 Å². The third-order valence-corrected chi connectivity index (χ3v) is 6.27. The van der Waals surface area contributed by atoms with Gasteiger partial charge in [0.05, 0.1) is 18.3 Å². The molecule has 2 N–H and O–H groups in total. The number of halogens is 3. The molecule has 0 aromatic heterocycles. The molecule has 0 saturated heterocycles. The molecular weight excluding hydrogens is 419 g/mol. The highest BCUT2D eigenvalue weighted by Crippen LogP contribution is 2.45. The lowest BCUT2D eigenvalue weighted by Gasteiger charge is -2.26. The Balaban J connectivity index is 1.91. The van der Waals surface area contributed by atoms with Crippen molar-refractivity contribution in [3.05, 3.63) is 64.7 Å². The van der Waals surface area contributed by atoms with Crippen LogP contribution in [0.3, 0.4) is 0 Å². The second kappa shape index (κ2) is 9.35. The molecule has 32 heavy (non-hydrogen) atoms. The Kier molecular flexibility index (Phi) is 6.96. The van der Waals surface area contributed by atoms with Gasteiger partial charge < -0.3 is 10.4 Å². The van der Waals surface area contributed by atoms with Gasteiger partial charge in [0.15, 0.2) is 0 Å². The van der Waals surface area contributed by atoms with Gasteiger partial charge in [0, 0.05) is 5.69 Å². The smallest absolute Gasteiger partial charge is 0.392 e. The van der Waals surface area contributed by atoms with E-state index in [9.17, 15) is 27.9 Å². The molecule has 1 aliphatic rings. The number of hydrogen-bond donors (Lipinski definition) is 2. The molecule has 2 aromatic carbocycles. The topological polar surface area (TPSA) is 66.4 Å². The molecule has 0 heterocycles. The Morgan fingerprint density at radius 2 is 1.66 bits per heavy atom. The SMILES string of the molecule is Cc1ccc([C@@H](C(=O)Nc2cc([C@@H](CC(=O)O)C3CC3)ccc2C)[C@@H](C)C(F)(F)F)cc1. The van der Waals surface area contributed by atoms with Gasteiger partial charge in [-0.1, -0.05) is 48.9 Å². The zero-order valence-electron chi connectivity index (χ0n) is 18.4. The Morgan fingerprint density at radius 3 is 2.19 bits per heavy atom. The molecule has 0 spiro atoms. The second-order valence-corrected chi connectivity index (χ2v) is 8.82. The molecule has 172 valence electrons. The van der Waals surface area contributed by atoms with Crippen LogP contribution >= 0.6 is 0 Å². The maximum atomic E-state index is 13.6. The molecule has 3 atom stereocenters. The Bertz CT molecular complexity index is 981. The molecule has 0 aliphatic heterocycles. The second-order valence-electron chi connectivity index (χ2n) is 8.82. The number of nitrogens with one attached hydrogen (secondary N) is 1. The summed E-state index contributed by atoms with van der Waals surface area (Å²) in [6.45, 7) is 4.61. The molecule has 3 rings (SSSR count). The number of benzene rings is 2. The van der Waals surface area contributed by atoms with Gasteiger partial charge in [-0.05, 0) is 61.3 Å². The van der Waals surface area contributed by atoms with Crippen LogP contribution in [-0.4, -0.2) is 23.2 Å². The lowest BCUT2D eigenvalue weighted by Crippen LogP contribution is -2.34. The number of carboxylic acids is 1. The molecular formula is C25H28F3NO3. The van der Waals surface area contributed by atoms with Gasteiger partial charge in [0.1, 0.15) is 0 Å². The number of aliphatic carboxylic acids is 1. The van der Waals surface area contributed by atoms with Crippen molar-refractivity contribution in [1.29, 1.82) is 0 Å². The quantitative estimate of drug-likeness (QED) is 0.507. The number of anilines is 1. The first kappa shape index (κ1) is 23.8. The van der Waals surface area contributed by atoms with E-state index >= 15 is 0 Å². The lowest BCUT2D eigenvalue weighted by molar-refractivity contribution is -0.178. The minimum atomic E-state index is -4.54. The summed E-state index contributed by atoms with van der Waals surface area (Å²) in [4.78, 5) is 24.4. The van der Waals surface area contributed by atoms with Crippen molar-refractivity contribution in [1.82, 2.24) is 0 Å². The van der Waals surface area contributed by atoms with Crippen molar-refractivity contribution in [2.75, 3.05) is 5.32 Å². The van der Waals surface area contributed by atoms with Crippen LogP contribution in [0.25, 0.3) is 0 Å². The molecule has 1 aliphatic carbocycles. The first-order chi connectivity index (χ1) is 15.0. The van der Waals surface area contributed by atoms with Gasteiger partial charge in [-0.3, -0.25) is 9.59 Å². The summed E-state index contributed by atoms with van der Waals surface area (Å²) in [6.07, 6.45) is -2.65. The molecule has 1 amide bonds. The van der Waals surface area contributed by atoms with Crippen molar-refractivity contribution in [2.24, 2.45) is 11.8 Å². The van der Waals surface area contributed by atoms with Gasteiger partial charge in [0.25, 0.3) is 0 Å². The lowest BCUT2D eigenvalue weighted by atomic mass is 9.85. The summed E-state index contributed by atoms with van der Waals surface area (Å²) in [5.41, 5.74) is 3.09. The third-order valence-electron chi connectivity index (χ3n) is 6.27. The van der Waals surface area contributed by atoms with E-state index in [-0.39, 0.29) is 18.3 Å². The van der Waals surface area contributed by atoms with Crippen LogP contribution in [0.5, 0.6) is 0 Å². The molecule has 0 bridgehead atoms. The minimum Gasteiger partial charge on any atom is -0.481 e. The summed E-state index contributed by atoms with van der Waals surface area (Å²) in [6, 6.07) is 11.8. The Hall–Kier alpha value is -2.83. The van der Waals surface area contributed by atoms with Crippen molar-refractivity contribution in [3.63, 3.8) is 0 Å². The van der Waals surface area contributed by atoms with E-state index < -0.39 is 29.9 Å². The molecule has 1 saturated carbocycles. The first-order valence-corrected chi connectivity index (χ1v) is 10.7. The van der Waals surface area contributed by atoms with Crippen molar-refractivity contribution in [3.8, 4) is 0 Å². The van der Waals surface area contributed by atoms with E-state index in [0.717, 1.165) is 30.9 Å². The van der Waals surface area contributed by atoms with E-state index in [4.69, 9.17) is 0 Å². The van der Waals surface area contributed by atoms with Crippen LogP contribution in [0.4, 0.5) is 18.9 Å². The third kappa shape index (κ3) is 5.69. The fourth-order valence-corrected chi connectivity index (χ4v) is 4.09. The summed E-state index contributed by atoms with van der Waals surface area (Å²) in [5.74, 6) is -4.81. The van der Waals surface area contributed by atoms with Crippen LogP contribution < -0.4 is 5.32 Å². The Labute approximate surface area is 185 Å². The summed E-state index contributed by atoms with van der Waals surface area (Å²) >= 11 is 0. The molecule has 0 unspecified atom stereocenters. The number of amides is 1. The van der Waals surface area contributed by atoms with Crippen LogP contribution in [0.1, 0.15) is 60.3 Å². The predicted molar refractivity (Wildman–Crippen MR) is 117 cm³/mol. The summed E-state index contributed by atoms with van der Waals surface area (Å²) in [5, 5.41) is 12.0. The van der Waals surface area contributed by atoms with Crippen molar-refractivity contribution < 1.29 is 27.9 Å². The highest BCUT2D eigenvalue weighted by Gasteiger charge is 2.45.